The van der Waals surface area contributed by atoms with E-state index in [1.807, 2.05) is 12.1 Å². The van der Waals surface area contributed by atoms with Crippen LogP contribution in [0.5, 0.6) is 5.75 Å². The zero-order valence-electron chi connectivity index (χ0n) is 20.9. The molecule has 0 saturated carbocycles. The summed E-state index contributed by atoms with van der Waals surface area (Å²) in [4.78, 5) is 29.1. The third-order valence-electron chi connectivity index (χ3n) is 6.41. The van der Waals surface area contributed by atoms with E-state index in [1.54, 1.807) is 12.1 Å². The Morgan fingerprint density at radius 3 is 2.52 bits per heavy atom. The Morgan fingerprint density at radius 1 is 1.15 bits per heavy atom. The molecule has 6 heteroatoms. The Morgan fingerprint density at radius 2 is 1.85 bits per heavy atom. The second kappa shape index (κ2) is 9.98. The number of carbonyl (C=O) groups excluding carboxylic acids is 2. The minimum atomic E-state index is -0.361. The van der Waals surface area contributed by atoms with E-state index in [9.17, 15) is 14.7 Å². The molecule has 2 amide bonds. The minimum Gasteiger partial charge on any atom is -0.508 e. The highest BCUT2D eigenvalue weighted by Gasteiger charge is 2.40. The van der Waals surface area contributed by atoms with Crippen molar-refractivity contribution >= 4 is 11.8 Å². The van der Waals surface area contributed by atoms with E-state index < -0.39 is 0 Å². The van der Waals surface area contributed by atoms with Gasteiger partial charge in [0.25, 0.3) is 0 Å². The molecule has 6 nitrogen and oxygen atoms in total. The Bertz CT molecular complexity index is 886. The molecule has 2 aliphatic heterocycles. The number of hydrogen-bond donors (Lipinski definition) is 1. The molecule has 0 bridgehead atoms. The predicted octanol–water partition coefficient (Wildman–Crippen LogP) is 4.90. The van der Waals surface area contributed by atoms with Gasteiger partial charge in [-0.2, -0.15) is 0 Å². The maximum Gasteiger partial charge on any atom is 0.233 e. The summed E-state index contributed by atoms with van der Waals surface area (Å²) in [5.74, 6) is -0.310. The van der Waals surface area contributed by atoms with Crippen LogP contribution in [0.25, 0.3) is 0 Å². The van der Waals surface area contributed by atoms with Crippen LogP contribution in [0.2, 0.25) is 0 Å². The topological polar surface area (TPSA) is 70.1 Å². The van der Waals surface area contributed by atoms with Gasteiger partial charge < -0.3 is 9.84 Å². The summed E-state index contributed by atoms with van der Waals surface area (Å²) >= 11 is 0. The van der Waals surface area contributed by atoms with Crippen LogP contribution in [0, 0.1) is 16.7 Å². The zero-order valence-corrected chi connectivity index (χ0v) is 20.9. The summed E-state index contributed by atoms with van der Waals surface area (Å²) in [6, 6.07) is 7.12. The molecule has 2 aliphatic rings. The molecule has 0 radical (unpaired) electrons. The normalized spacial score (nSPS) is 22.4. The van der Waals surface area contributed by atoms with Crippen molar-refractivity contribution in [3.8, 4) is 5.75 Å². The molecule has 1 aromatic rings. The quantitative estimate of drug-likeness (QED) is 0.423. The number of ether oxygens (including phenoxy) is 1. The van der Waals surface area contributed by atoms with Gasteiger partial charge in [0.2, 0.25) is 11.8 Å². The Labute approximate surface area is 198 Å². The number of carbonyl (C=O) groups is 2. The Kier molecular flexibility index (Phi) is 7.69. The molecular formula is C27H40N2O4. The number of imide groups is 1. The van der Waals surface area contributed by atoms with E-state index in [-0.39, 0.29) is 47.0 Å². The van der Waals surface area contributed by atoms with Crippen molar-refractivity contribution in [2.24, 2.45) is 16.7 Å². The molecule has 33 heavy (non-hydrogen) atoms. The summed E-state index contributed by atoms with van der Waals surface area (Å²) in [5.41, 5.74) is 2.09. The van der Waals surface area contributed by atoms with E-state index in [0.29, 0.717) is 38.2 Å². The average Bonchev–Trinajstić information content (AvgIpc) is 3.23. The number of rotatable bonds is 9. The van der Waals surface area contributed by atoms with Gasteiger partial charge in [-0.3, -0.25) is 19.4 Å². The smallest absolute Gasteiger partial charge is 0.233 e. The molecule has 2 fully saturated rings. The van der Waals surface area contributed by atoms with Gasteiger partial charge >= 0.3 is 0 Å². The SMILES string of the molecule is C=C(CC1CC(=O)N(CCN2CCOC2c2ccccc2O)C1=O)CC(C)(C)CC(C)(C)C. The lowest BCUT2D eigenvalue weighted by Gasteiger charge is -2.33. The van der Waals surface area contributed by atoms with Crippen molar-refractivity contribution in [1.82, 2.24) is 9.80 Å². The highest BCUT2D eigenvalue weighted by molar-refractivity contribution is 6.03. The first-order valence-electron chi connectivity index (χ1n) is 12.0. The van der Waals surface area contributed by atoms with Crippen LogP contribution < -0.4 is 0 Å². The van der Waals surface area contributed by atoms with Gasteiger partial charge in [-0.25, -0.2) is 0 Å². The number of allylic oxidation sites excluding steroid dienone is 1. The molecule has 182 valence electrons. The van der Waals surface area contributed by atoms with Gasteiger partial charge in [0.05, 0.1) is 12.5 Å². The summed E-state index contributed by atoms with van der Waals surface area (Å²) < 4.78 is 5.82. The van der Waals surface area contributed by atoms with E-state index in [1.165, 1.54) is 4.90 Å². The lowest BCUT2D eigenvalue weighted by molar-refractivity contribution is -0.139. The minimum absolute atomic E-state index is 0.0889. The van der Waals surface area contributed by atoms with Crippen LogP contribution in [-0.4, -0.2) is 53.0 Å². The number of phenolic OH excluding ortho intramolecular Hbond substituents is 1. The van der Waals surface area contributed by atoms with E-state index in [2.05, 4.69) is 46.1 Å². The van der Waals surface area contributed by atoms with Crippen LogP contribution in [-0.2, 0) is 14.3 Å². The van der Waals surface area contributed by atoms with Crippen molar-refractivity contribution in [2.75, 3.05) is 26.2 Å². The molecule has 2 unspecified atom stereocenters. The maximum atomic E-state index is 13.0. The fraction of sp³-hybridized carbons (Fsp3) is 0.630. The Balaban J connectivity index is 1.55. The Hall–Kier alpha value is -2.18. The summed E-state index contributed by atoms with van der Waals surface area (Å²) in [6.07, 6.45) is 2.40. The van der Waals surface area contributed by atoms with Crippen molar-refractivity contribution in [2.45, 2.75) is 66.5 Å². The van der Waals surface area contributed by atoms with E-state index >= 15 is 0 Å². The first-order chi connectivity index (χ1) is 15.4. The lowest BCUT2D eigenvalue weighted by Crippen LogP contribution is -2.38. The first kappa shape index (κ1) is 25.4. The van der Waals surface area contributed by atoms with Crippen LogP contribution in [0.3, 0.4) is 0 Å². The summed E-state index contributed by atoms with van der Waals surface area (Å²) in [6.45, 7) is 17.6. The fourth-order valence-corrected chi connectivity index (χ4v) is 5.69. The molecule has 2 heterocycles. The molecule has 0 aromatic heterocycles. The van der Waals surface area contributed by atoms with Gasteiger partial charge in [-0.05, 0) is 36.2 Å². The van der Waals surface area contributed by atoms with E-state index in [0.717, 1.165) is 18.4 Å². The maximum absolute atomic E-state index is 13.0. The van der Waals surface area contributed by atoms with Gasteiger partial charge in [-0.1, -0.05) is 65.0 Å². The second-order valence-corrected chi connectivity index (χ2v) is 11.6. The van der Waals surface area contributed by atoms with Gasteiger partial charge in [-0.15, -0.1) is 0 Å². The highest BCUT2D eigenvalue weighted by atomic mass is 16.5. The summed E-state index contributed by atoms with van der Waals surface area (Å²) in [5, 5.41) is 10.2. The lowest BCUT2D eigenvalue weighted by atomic mass is 9.72. The fourth-order valence-electron chi connectivity index (χ4n) is 5.69. The monoisotopic (exact) mass is 456 g/mol. The largest absolute Gasteiger partial charge is 0.508 e. The number of aromatic hydroxyl groups is 1. The van der Waals surface area contributed by atoms with Gasteiger partial charge in [0, 0.05) is 31.6 Å². The number of likely N-dealkylation sites (tertiary alicyclic amines) is 1. The second-order valence-electron chi connectivity index (χ2n) is 11.6. The highest BCUT2D eigenvalue weighted by Crippen LogP contribution is 2.39. The van der Waals surface area contributed by atoms with E-state index in [4.69, 9.17) is 4.74 Å². The molecule has 1 aromatic carbocycles. The number of para-hydroxylation sites is 1. The van der Waals surface area contributed by atoms with Crippen molar-refractivity contribution in [3.05, 3.63) is 42.0 Å². The number of amides is 2. The molecular weight excluding hydrogens is 416 g/mol. The van der Waals surface area contributed by atoms with Crippen LogP contribution in [0.1, 0.15) is 72.1 Å². The molecule has 2 atom stereocenters. The van der Waals surface area contributed by atoms with Gasteiger partial charge in [0.15, 0.2) is 0 Å². The predicted molar refractivity (Wildman–Crippen MR) is 129 cm³/mol. The van der Waals surface area contributed by atoms with Crippen LogP contribution in [0.4, 0.5) is 0 Å². The third-order valence-corrected chi connectivity index (χ3v) is 6.41. The molecule has 0 spiro atoms. The summed E-state index contributed by atoms with van der Waals surface area (Å²) in [7, 11) is 0. The van der Waals surface area contributed by atoms with Crippen LogP contribution in [0.15, 0.2) is 36.4 Å². The van der Waals surface area contributed by atoms with Crippen LogP contribution >= 0.6 is 0 Å². The molecule has 0 aliphatic carbocycles. The van der Waals surface area contributed by atoms with Gasteiger partial charge in [0.1, 0.15) is 12.0 Å². The van der Waals surface area contributed by atoms with Crippen molar-refractivity contribution in [1.29, 1.82) is 0 Å². The number of phenols is 1. The van der Waals surface area contributed by atoms with Crippen molar-refractivity contribution in [3.63, 3.8) is 0 Å². The standard InChI is InChI=1S/C27H40N2O4/c1-19(17-27(5,6)18-26(2,3)4)15-20-16-23(31)29(24(20)32)12-11-28-13-14-33-25(28)21-9-7-8-10-22(21)30/h7-10,20,25,30H,1,11-18H2,2-6H3. The number of nitrogens with zero attached hydrogens (tertiary/aromatic N) is 2. The number of hydrogen-bond acceptors (Lipinski definition) is 5. The van der Waals surface area contributed by atoms with Crippen molar-refractivity contribution < 1.29 is 19.4 Å². The molecule has 1 N–H and O–H groups in total. The average molecular weight is 457 g/mol. The molecule has 3 rings (SSSR count). The zero-order chi connectivity index (χ0) is 24.4. The molecule has 2 saturated heterocycles. The number of benzene rings is 1. The first-order valence-corrected chi connectivity index (χ1v) is 12.0. The third kappa shape index (κ3) is 6.67.